The summed E-state index contributed by atoms with van der Waals surface area (Å²) in [5, 5.41) is 9.75. The van der Waals surface area contributed by atoms with Crippen molar-refractivity contribution in [1.82, 2.24) is 9.88 Å². The van der Waals surface area contributed by atoms with Crippen molar-refractivity contribution in [3.63, 3.8) is 0 Å². The molecule has 1 N–H and O–H groups in total. The van der Waals surface area contributed by atoms with E-state index in [0.29, 0.717) is 19.6 Å². The fourth-order valence-electron chi connectivity index (χ4n) is 2.79. The number of aromatic nitrogens is 1. The summed E-state index contributed by atoms with van der Waals surface area (Å²) in [6, 6.07) is 1.90. The van der Waals surface area contributed by atoms with Gasteiger partial charge in [0.25, 0.3) is 0 Å². The van der Waals surface area contributed by atoms with Gasteiger partial charge in [0.05, 0.1) is 12.6 Å². The summed E-state index contributed by atoms with van der Waals surface area (Å²) in [7, 11) is 0. The molecule has 6 nitrogen and oxygen atoms in total. The Labute approximate surface area is 138 Å². The zero-order valence-electron chi connectivity index (χ0n) is 14.7. The van der Waals surface area contributed by atoms with Gasteiger partial charge in [-0.1, -0.05) is 6.07 Å². The zero-order chi connectivity index (χ0) is 17.2. The fourth-order valence-corrected chi connectivity index (χ4v) is 2.79. The van der Waals surface area contributed by atoms with Gasteiger partial charge < -0.3 is 19.6 Å². The van der Waals surface area contributed by atoms with Crippen LogP contribution < -0.4 is 4.90 Å². The van der Waals surface area contributed by atoms with E-state index in [9.17, 15) is 9.90 Å². The van der Waals surface area contributed by atoms with Crippen LogP contribution >= 0.6 is 0 Å². The lowest BCUT2D eigenvalue weighted by Gasteiger charge is -2.42. The number of aliphatic hydroxyl groups is 1. The number of carbonyl (C=O) groups is 1. The maximum absolute atomic E-state index is 12.2. The van der Waals surface area contributed by atoms with Crippen molar-refractivity contribution in [3.05, 3.63) is 23.4 Å². The van der Waals surface area contributed by atoms with Gasteiger partial charge in [-0.15, -0.1) is 0 Å². The molecule has 1 amide bonds. The Morgan fingerprint density at radius 1 is 1.39 bits per heavy atom. The predicted molar refractivity (Wildman–Crippen MR) is 89.7 cm³/mol. The van der Waals surface area contributed by atoms with E-state index in [1.165, 1.54) is 0 Å². The number of anilines is 1. The van der Waals surface area contributed by atoms with Gasteiger partial charge in [-0.05, 0) is 45.7 Å². The third kappa shape index (κ3) is 4.34. The second-order valence-corrected chi connectivity index (χ2v) is 7.11. The molecule has 128 valence electrons. The molecule has 0 saturated carbocycles. The van der Waals surface area contributed by atoms with Crippen molar-refractivity contribution in [2.45, 2.75) is 46.3 Å². The van der Waals surface area contributed by atoms with Crippen LogP contribution in [0.1, 0.15) is 31.9 Å². The minimum absolute atomic E-state index is 0.0334. The molecule has 1 unspecified atom stereocenters. The highest BCUT2D eigenvalue weighted by atomic mass is 16.6. The summed E-state index contributed by atoms with van der Waals surface area (Å²) < 4.78 is 5.42. The van der Waals surface area contributed by atoms with Crippen molar-refractivity contribution in [2.24, 2.45) is 0 Å². The fraction of sp³-hybridized carbons (Fsp3) is 0.647. The lowest BCUT2D eigenvalue weighted by atomic mass is 10.1. The van der Waals surface area contributed by atoms with E-state index in [1.54, 1.807) is 4.90 Å². The van der Waals surface area contributed by atoms with E-state index in [-0.39, 0.29) is 18.7 Å². The molecule has 1 aliphatic heterocycles. The van der Waals surface area contributed by atoms with E-state index in [2.05, 4.69) is 16.0 Å². The Bertz CT molecular complexity index is 569. The smallest absolute Gasteiger partial charge is 0.410 e. The SMILES string of the molecule is Cc1cnc(N2CCN(C(=O)OC(C)(C)C)CC2CO)c(C)c1. The molecule has 1 atom stereocenters. The highest BCUT2D eigenvalue weighted by Gasteiger charge is 2.32. The van der Waals surface area contributed by atoms with Crippen molar-refractivity contribution < 1.29 is 14.6 Å². The second-order valence-electron chi connectivity index (χ2n) is 7.11. The lowest BCUT2D eigenvalue weighted by molar-refractivity contribution is 0.0197. The van der Waals surface area contributed by atoms with Crippen LogP contribution in [0.15, 0.2) is 12.3 Å². The maximum atomic E-state index is 12.2. The Morgan fingerprint density at radius 2 is 2.09 bits per heavy atom. The van der Waals surface area contributed by atoms with Crippen LogP contribution in [0.25, 0.3) is 0 Å². The number of piperazine rings is 1. The Balaban J connectivity index is 2.11. The average molecular weight is 321 g/mol. The van der Waals surface area contributed by atoms with Gasteiger partial charge in [0, 0.05) is 25.8 Å². The maximum Gasteiger partial charge on any atom is 0.410 e. The minimum atomic E-state index is -0.516. The quantitative estimate of drug-likeness (QED) is 0.904. The van der Waals surface area contributed by atoms with Crippen molar-refractivity contribution in [2.75, 3.05) is 31.1 Å². The lowest BCUT2D eigenvalue weighted by Crippen LogP contribution is -2.57. The normalized spacial score (nSPS) is 19.0. The first-order valence-electron chi connectivity index (χ1n) is 8.00. The molecule has 0 spiro atoms. The number of rotatable bonds is 2. The molecule has 0 aromatic carbocycles. The molecule has 0 bridgehead atoms. The number of aryl methyl sites for hydroxylation is 2. The molecule has 1 saturated heterocycles. The molecular weight excluding hydrogens is 294 g/mol. The Morgan fingerprint density at radius 3 is 2.65 bits per heavy atom. The summed E-state index contributed by atoms with van der Waals surface area (Å²) in [6.07, 6.45) is 1.50. The predicted octanol–water partition coefficient (Wildman–Crippen LogP) is 2.12. The van der Waals surface area contributed by atoms with E-state index >= 15 is 0 Å². The molecule has 6 heteroatoms. The van der Waals surface area contributed by atoms with Crippen LogP contribution in [0.3, 0.4) is 0 Å². The molecule has 0 radical (unpaired) electrons. The summed E-state index contributed by atoms with van der Waals surface area (Å²) in [6.45, 7) is 11.2. The molecular formula is C17H27N3O3. The van der Waals surface area contributed by atoms with Gasteiger partial charge >= 0.3 is 6.09 Å². The van der Waals surface area contributed by atoms with Gasteiger partial charge in [0.1, 0.15) is 11.4 Å². The van der Waals surface area contributed by atoms with Gasteiger partial charge in [0.2, 0.25) is 0 Å². The van der Waals surface area contributed by atoms with E-state index in [4.69, 9.17) is 4.74 Å². The van der Waals surface area contributed by atoms with Crippen molar-refractivity contribution in [1.29, 1.82) is 0 Å². The zero-order valence-corrected chi connectivity index (χ0v) is 14.7. The number of hydrogen-bond acceptors (Lipinski definition) is 5. The van der Waals surface area contributed by atoms with E-state index < -0.39 is 5.60 Å². The van der Waals surface area contributed by atoms with Crippen LogP contribution in [0.4, 0.5) is 10.6 Å². The van der Waals surface area contributed by atoms with Gasteiger partial charge in [0.15, 0.2) is 0 Å². The number of ether oxygens (including phenoxy) is 1. The van der Waals surface area contributed by atoms with Crippen LogP contribution in [0, 0.1) is 13.8 Å². The van der Waals surface area contributed by atoms with Crippen LogP contribution in [0.5, 0.6) is 0 Å². The molecule has 1 fully saturated rings. The molecule has 2 rings (SSSR count). The topological polar surface area (TPSA) is 65.9 Å². The van der Waals surface area contributed by atoms with Crippen molar-refractivity contribution >= 4 is 11.9 Å². The number of aliphatic hydroxyl groups excluding tert-OH is 1. The first-order valence-corrected chi connectivity index (χ1v) is 8.00. The Kier molecular flexibility index (Phi) is 5.14. The number of carbonyl (C=O) groups excluding carboxylic acids is 1. The first-order chi connectivity index (χ1) is 10.7. The van der Waals surface area contributed by atoms with Gasteiger partial charge in [-0.3, -0.25) is 0 Å². The summed E-state index contributed by atoms with van der Waals surface area (Å²) in [5.74, 6) is 0.874. The number of nitrogens with zero attached hydrogens (tertiary/aromatic N) is 3. The molecule has 1 aliphatic rings. The summed E-state index contributed by atoms with van der Waals surface area (Å²) in [4.78, 5) is 20.5. The van der Waals surface area contributed by atoms with Gasteiger partial charge in [-0.25, -0.2) is 9.78 Å². The van der Waals surface area contributed by atoms with E-state index in [1.807, 2.05) is 40.8 Å². The highest BCUT2D eigenvalue weighted by Crippen LogP contribution is 2.23. The Hall–Kier alpha value is -1.82. The molecule has 1 aromatic rings. The molecule has 1 aromatic heterocycles. The largest absolute Gasteiger partial charge is 0.444 e. The minimum Gasteiger partial charge on any atom is -0.444 e. The number of pyridine rings is 1. The van der Waals surface area contributed by atoms with Gasteiger partial charge in [-0.2, -0.15) is 0 Å². The number of amides is 1. The third-order valence-electron chi connectivity index (χ3n) is 3.80. The average Bonchev–Trinajstić information content (AvgIpc) is 2.45. The van der Waals surface area contributed by atoms with Crippen molar-refractivity contribution in [3.8, 4) is 0 Å². The second kappa shape index (κ2) is 6.74. The molecule has 23 heavy (non-hydrogen) atoms. The highest BCUT2D eigenvalue weighted by molar-refractivity contribution is 5.69. The van der Waals surface area contributed by atoms with E-state index in [0.717, 1.165) is 16.9 Å². The standard InChI is InChI=1S/C17H27N3O3/c1-12-8-13(2)15(18-9-12)20-7-6-19(10-14(20)11-21)16(22)23-17(3,4)5/h8-9,14,21H,6-7,10-11H2,1-5H3. The molecule has 0 aliphatic carbocycles. The monoisotopic (exact) mass is 321 g/mol. The van der Waals surface area contributed by atoms with Crippen LogP contribution in [-0.4, -0.2) is 59.0 Å². The summed E-state index contributed by atoms with van der Waals surface area (Å²) in [5.41, 5.74) is 1.67. The molecule has 2 heterocycles. The first kappa shape index (κ1) is 17.5. The summed E-state index contributed by atoms with van der Waals surface area (Å²) >= 11 is 0. The van der Waals surface area contributed by atoms with Crippen LogP contribution in [-0.2, 0) is 4.74 Å². The van der Waals surface area contributed by atoms with Crippen LogP contribution in [0.2, 0.25) is 0 Å². The number of hydrogen-bond donors (Lipinski definition) is 1. The third-order valence-corrected chi connectivity index (χ3v) is 3.80.